The molecule has 0 unspecified atom stereocenters. The third kappa shape index (κ3) is 5.80. The molecule has 0 spiro atoms. The summed E-state index contributed by atoms with van der Waals surface area (Å²) in [5.41, 5.74) is 1.13. The molecule has 2 aromatic carbocycles. The highest BCUT2D eigenvalue weighted by Gasteiger charge is 2.22. The Morgan fingerprint density at radius 3 is 2.08 bits per heavy atom. The molecular formula is C20H26N2O2. The lowest BCUT2D eigenvalue weighted by Crippen LogP contribution is -2.44. The molecule has 0 aromatic heterocycles. The van der Waals surface area contributed by atoms with Crippen molar-refractivity contribution in [1.82, 2.24) is 4.90 Å². The number of benzene rings is 2. The molecule has 4 heteroatoms. The number of nitrogens with zero attached hydrogens (tertiary/aromatic N) is 2. The van der Waals surface area contributed by atoms with Crippen molar-refractivity contribution in [3.63, 3.8) is 0 Å². The average molecular weight is 326 g/mol. The molecule has 4 nitrogen and oxygen atoms in total. The molecule has 0 aliphatic carbocycles. The van der Waals surface area contributed by atoms with E-state index >= 15 is 0 Å². The topological polar surface area (TPSA) is 43.8 Å². The van der Waals surface area contributed by atoms with E-state index in [4.69, 9.17) is 0 Å². The molecule has 0 fully saturated rings. The van der Waals surface area contributed by atoms with Crippen LogP contribution in [0.2, 0.25) is 0 Å². The number of para-hydroxylation sites is 1. The minimum Gasteiger partial charge on any atom is -0.389 e. The minimum atomic E-state index is -0.861. The maximum absolute atomic E-state index is 12.6. The maximum Gasteiger partial charge on any atom is 0.240 e. The molecule has 2 aromatic rings. The lowest BCUT2D eigenvalue weighted by molar-refractivity contribution is -0.120. The predicted molar refractivity (Wildman–Crippen MR) is 97.9 cm³/mol. The molecule has 0 aliphatic rings. The Hall–Kier alpha value is -2.17. The number of anilines is 1. The first kappa shape index (κ1) is 18.2. The fourth-order valence-electron chi connectivity index (χ4n) is 2.65. The van der Waals surface area contributed by atoms with Crippen LogP contribution in [0.1, 0.15) is 19.4 Å². The van der Waals surface area contributed by atoms with Gasteiger partial charge < -0.3 is 10.0 Å². The highest BCUT2D eigenvalue weighted by atomic mass is 16.3. The zero-order valence-electron chi connectivity index (χ0n) is 14.6. The third-order valence-corrected chi connectivity index (χ3v) is 3.74. The highest BCUT2D eigenvalue weighted by molar-refractivity contribution is 5.94. The van der Waals surface area contributed by atoms with Gasteiger partial charge in [0.2, 0.25) is 5.91 Å². The number of carbonyl (C=O) groups is 1. The van der Waals surface area contributed by atoms with E-state index in [9.17, 15) is 9.90 Å². The van der Waals surface area contributed by atoms with E-state index in [0.29, 0.717) is 13.1 Å². The molecular weight excluding hydrogens is 300 g/mol. The number of carbonyl (C=O) groups excluding carboxylic acids is 1. The van der Waals surface area contributed by atoms with Gasteiger partial charge in [-0.3, -0.25) is 9.69 Å². The maximum atomic E-state index is 12.6. The van der Waals surface area contributed by atoms with Crippen molar-refractivity contribution in [3.8, 4) is 0 Å². The van der Waals surface area contributed by atoms with Gasteiger partial charge in [-0.25, -0.2) is 0 Å². The first-order valence-electron chi connectivity index (χ1n) is 8.15. The summed E-state index contributed by atoms with van der Waals surface area (Å²) in [7, 11) is 1.78. The highest BCUT2D eigenvalue weighted by Crippen LogP contribution is 2.14. The van der Waals surface area contributed by atoms with E-state index in [1.54, 1.807) is 25.8 Å². The molecule has 0 heterocycles. The fourth-order valence-corrected chi connectivity index (χ4v) is 2.65. The lowest BCUT2D eigenvalue weighted by atomic mass is 10.1. The number of likely N-dealkylation sites (N-methyl/N-ethyl adjacent to an activating group) is 1. The number of aliphatic hydroxyl groups is 1. The van der Waals surface area contributed by atoms with Gasteiger partial charge in [-0.05, 0) is 31.5 Å². The van der Waals surface area contributed by atoms with Gasteiger partial charge in [0.25, 0.3) is 0 Å². The van der Waals surface area contributed by atoms with Crippen LogP contribution in [-0.2, 0) is 11.3 Å². The molecule has 1 N–H and O–H groups in total. The fraction of sp³-hybridized carbons (Fsp3) is 0.350. The van der Waals surface area contributed by atoms with E-state index in [1.165, 1.54) is 0 Å². The van der Waals surface area contributed by atoms with Crippen LogP contribution in [0.4, 0.5) is 5.69 Å². The molecule has 24 heavy (non-hydrogen) atoms. The molecule has 0 saturated heterocycles. The quantitative estimate of drug-likeness (QED) is 0.851. The Morgan fingerprint density at radius 2 is 1.54 bits per heavy atom. The first-order valence-corrected chi connectivity index (χ1v) is 8.15. The van der Waals surface area contributed by atoms with Crippen molar-refractivity contribution in [3.05, 3.63) is 66.2 Å². The third-order valence-electron chi connectivity index (χ3n) is 3.74. The summed E-state index contributed by atoms with van der Waals surface area (Å²) in [4.78, 5) is 16.3. The summed E-state index contributed by atoms with van der Waals surface area (Å²) < 4.78 is 0. The molecule has 0 bridgehead atoms. The normalized spacial score (nSPS) is 11.5. The van der Waals surface area contributed by atoms with Gasteiger partial charge in [-0.15, -0.1) is 0 Å². The summed E-state index contributed by atoms with van der Waals surface area (Å²) in [5.74, 6) is 0.00128. The summed E-state index contributed by atoms with van der Waals surface area (Å²) in [6, 6.07) is 19.6. The van der Waals surface area contributed by atoms with Gasteiger partial charge in [0.15, 0.2) is 0 Å². The number of amides is 1. The molecule has 0 atom stereocenters. The first-order chi connectivity index (χ1) is 11.3. The van der Waals surface area contributed by atoms with Crippen molar-refractivity contribution in [2.24, 2.45) is 0 Å². The van der Waals surface area contributed by atoms with Crippen molar-refractivity contribution in [1.29, 1.82) is 0 Å². The predicted octanol–water partition coefficient (Wildman–Crippen LogP) is 2.92. The van der Waals surface area contributed by atoms with Crippen LogP contribution in [-0.4, -0.2) is 41.7 Å². The monoisotopic (exact) mass is 326 g/mol. The van der Waals surface area contributed by atoms with Crippen LogP contribution >= 0.6 is 0 Å². The smallest absolute Gasteiger partial charge is 0.240 e. The van der Waals surface area contributed by atoms with Gasteiger partial charge in [-0.1, -0.05) is 48.5 Å². The Kier molecular flexibility index (Phi) is 6.12. The van der Waals surface area contributed by atoms with Gasteiger partial charge in [0.05, 0.1) is 12.1 Å². The summed E-state index contributed by atoms with van der Waals surface area (Å²) in [5, 5.41) is 10.2. The Balaban J connectivity index is 2.08. The van der Waals surface area contributed by atoms with Gasteiger partial charge in [-0.2, -0.15) is 0 Å². The van der Waals surface area contributed by atoms with E-state index in [-0.39, 0.29) is 12.5 Å². The van der Waals surface area contributed by atoms with E-state index in [0.717, 1.165) is 11.3 Å². The summed E-state index contributed by atoms with van der Waals surface area (Å²) in [6.45, 7) is 4.83. The van der Waals surface area contributed by atoms with Crippen LogP contribution in [0.5, 0.6) is 0 Å². The van der Waals surface area contributed by atoms with Crippen molar-refractivity contribution < 1.29 is 9.90 Å². The van der Waals surface area contributed by atoms with Crippen molar-refractivity contribution in [2.45, 2.75) is 26.0 Å². The number of rotatable bonds is 7. The number of hydrogen-bond donors (Lipinski definition) is 1. The van der Waals surface area contributed by atoms with Gasteiger partial charge in [0, 0.05) is 25.8 Å². The zero-order valence-corrected chi connectivity index (χ0v) is 14.6. The zero-order chi connectivity index (χ0) is 17.6. The molecule has 0 radical (unpaired) electrons. The standard InChI is InChI=1S/C20H26N2O2/c1-20(2,24)16-22(14-17-10-6-4-7-11-17)15-19(23)21(3)18-12-8-5-9-13-18/h4-13,24H,14-16H2,1-3H3. The Bertz CT molecular complexity index is 636. The van der Waals surface area contributed by atoms with Crippen LogP contribution in [0.15, 0.2) is 60.7 Å². The second kappa shape index (κ2) is 8.08. The van der Waals surface area contributed by atoms with E-state index in [1.807, 2.05) is 65.6 Å². The summed E-state index contributed by atoms with van der Waals surface area (Å²) >= 11 is 0. The van der Waals surface area contributed by atoms with Crippen molar-refractivity contribution >= 4 is 11.6 Å². The van der Waals surface area contributed by atoms with E-state index in [2.05, 4.69) is 0 Å². The molecule has 2 rings (SSSR count). The van der Waals surface area contributed by atoms with Crippen LogP contribution in [0.25, 0.3) is 0 Å². The average Bonchev–Trinajstić information content (AvgIpc) is 2.54. The summed E-state index contributed by atoms with van der Waals surface area (Å²) in [6.07, 6.45) is 0. The van der Waals surface area contributed by atoms with Crippen molar-refractivity contribution in [2.75, 3.05) is 25.0 Å². The molecule has 0 aliphatic heterocycles. The molecule has 1 amide bonds. The molecule has 0 saturated carbocycles. The Morgan fingerprint density at radius 1 is 1.00 bits per heavy atom. The van der Waals surface area contributed by atoms with Gasteiger partial charge in [0.1, 0.15) is 0 Å². The Labute approximate surface area is 144 Å². The van der Waals surface area contributed by atoms with Crippen LogP contribution in [0.3, 0.4) is 0 Å². The van der Waals surface area contributed by atoms with Crippen LogP contribution < -0.4 is 4.90 Å². The second-order valence-electron chi connectivity index (χ2n) is 6.73. The largest absolute Gasteiger partial charge is 0.389 e. The SMILES string of the molecule is CN(C(=O)CN(Cc1ccccc1)CC(C)(C)O)c1ccccc1. The second-order valence-corrected chi connectivity index (χ2v) is 6.73. The lowest BCUT2D eigenvalue weighted by Gasteiger charge is -2.30. The van der Waals surface area contributed by atoms with Crippen LogP contribution in [0, 0.1) is 0 Å². The van der Waals surface area contributed by atoms with Gasteiger partial charge >= 0.3 is 0 Å². The minimum absolute atomic E-state index is 0.00128. The molecule has 128 valence electrons. The number of hydrogen-bond acceptors (Lipinski definition) is 3. The van der Waals surface area contributed by atoms with E-state index < -0.39 is 5.60 Å².